The zero-order valence-corrected chi connectivity index (χ0v) is 10.0. The van der Waals surface area contributed by atoms with Crippen molar-refractivity contribution in [3.05, 3.63) is 0 Å². The Morgan fingerprint density at radius 2 is 2.06 bits per heavy atom. The van der Waals surface area contributed by atoms with Gasteiger partial charge in [-0.3, -0.25) is 4.79 Å². The fourth-order valence-corrected chi connectivity index (χ4v) is 1.12. The highest BCUT2D eigenvalue weighted by atomic mass is 19.4. The molecular weight excluding hydrogens is 237 g/mol. The van der Waals surface area contributed by atoms with Crippen molar-refractivity contribution in [2.45, 2.75) is 45.0 Å². The molecule has 2 unspecified atom stereocenters. The lowest BCUT2D eigenvalue weighted by Gasteiger charge is -2.19. The van der Waals surface area contributed by atoms with Gasteiger partial charge >= 0.3 is 6.18 Å². The lowest BCUT2D eigenvalue weighted by molar-refractivity contribution is -0.214. The molecule has 0 bridgehead atoms. The first-order valence-corrected chi connectivity index (χ1v) is 5.50. The number of primary amides is 1. The first-order valence-electron chi connectivity index (χ1n) is 5.50. The maximum Gasteiger partial charge on any atom is 0.414 e. The van der Waals surface area contributed by atoms with Gasteiger partial charge in [-0.15, -0.1) is 0 Å². The van der Waals surface area contributed by atoms with E-state index in [1.807, 2.05) is 6.92 Å². The Morgan fingerprint density at radius 1 is 1.47 bits per heavy atom. The molecule has 0 radical (unpaired) electrons. The Balaban J connectivity index is 3.94. The van der Waals surface area contributed by atoms with E-state index in [9.17, 15) is 18.0 Å². The number of nitrogens with one attached hydrogen (secondary N) is 1. The molecule has 17 heavy (non-hydrogen) atoms. The molecule has 0 aromatic heterocycles. The van der Waals surface area contributed by atoms with Crippen molar-refractivity contribution < 1.29 is 22.7 Å². The summed E-state index contributed by atoms with van der Waals surface area (Å²) in [6, 6.07) is -0.643. The Morgan fingerprint density at radius 3 is 2.47 bits per heavy atom. The summed E-state index contributed by atoms with van der Waals surface area (Å²) in [7, 11) is 0. The summed E-state index contributed by atoms with van der Waals surface area (Å²) in [5.41, 5.74) is 5.10. The van der Waals surface area contributed by atoms with Crippen LogP contribution in [0.5, 0.6) is 0 Å². The fraction of sp³-hybridized carbons (Fsp3) is 0.900. The SMILES string of the molecule is CCCNC(CCOC(C)C(F)(F)F)C(N)=O. The van der Waals surface area contributed by atoms with E-state index in [1.165, 1.54) is 0 Å². The second kappa shape index (κ2) is 7.50. The number of carbonyl (C=O) groups is 1. The normalized spacial score (nSPS) is 15.6. The number of ether oxygens (including phenoxy) is 1. The zero-order valence-electron chi connectivity index (χ0n) is 10.0. The van der Waals surface area contributed by atoms with Crippen molar-refractivity contribution in [2.24, 2.45) is 5.73 Å². The molecule has 1 amide bonds. The van der Waals surface area contributed by atoms with E-state index in [4.69, 9.17) is 5.73 Å². The molecule has 102 valence electrons. The maximum atomic E-state index is 12.1. The third-order valence-electron chi connectivity index (χ3n) is 2.22. The molecular formula is C10H19F3N2O2. The van der Waals surface area contributed by atoms with E-state index in [1.54, 1.807) is 0 Å². The van der Waals surface area contributed by atoms with E-state index < -0.39 is 24.2 Å². The van der Waals surface area contributed by atoms with Crippen LogP contribution >= 0.6 is 0 Å². The Labute approximate surface area is 98.7 Å². The molecule has 0 aliphatic heterocycles. The highest BCUT2D eigenvalue weighted by molar-refractivity contribution is 5.79. The molecule has 0 saturated carbocycles. The second-order valence-electron chi connectivity index (χ2n) is 3.75. The van der Waals surface area contributed by atoms with Crippen LogP contribution in [0.25, 0.3) is 0 Å². The number of rotatable bonds is 8. The van der Waals surface area contributed by atoms with Crippen LogP contribution in [0.15, 0.2) is 0 Å². The summed E-state index contributed by atoms with van der Waals surface area (Å²) in [5, 5.41) is 2.85. The number of hydrogen-bond acceptors (Lipinski definition) is 3. The third-order valence-corrected chi connectivity index (χ3v) is 2.22. The lowest BCUT2D eigenvalue weighted by atomic mass is 10.2. The van der Waals surface area contributed by atoms with Crippen molar-refractivity contribution in [3.63, 3.8) is 0 Å². The van der Waals surface area contributed by atoms with E-state index in [-0.39, 0.29) is 13.0 Å². The monoisotopic (exact) mass is 256 g/mol. The minimum atomic E-state index is -4.38. The van der Waals surface area contributed by atoms with E-state index in [2.05, 4.69) is 10.1 Å². The van der Waals surface area contributed by atoms with Gasteiger partial charge in [-0.05, 0) is 26.3 Å². The van der Waals surface area contributed by atoms with Crippen molar-refractivity contribution in [2.75, 3.05) is 13.2 Å². The van der Waals surface area contributed by atoms with Gasteiger partial charge in [0.05, 0.1) is 6.04 Å². The lowest BCUT2D eigenvalue weighted by Crippen LogP contribution is -2.42. The molecule has 0 heterocycles. The zero-order chi connectivity index (χ0) is 13.5. The smallest absolute Gasteiger partial charge is 0.369 e. The number of carbonyl (C=O) groups excluding carboxylic acids is 1. The molecule has 0 aromatic carbocycles. The molecule has 0 fully saturated rings. The molecule has 3 N–H and O–H groups in total. The van der Waals surface area contributed by atoms with Crippen molar-refractivity contribution in [3.8, 4) is 0 Å². The summed E-state index contributed by atoms with van der Waals surface area (Å²) >= 11 is 0. The van der Waals surface area contributed by atoms with Gasteiger partial charge in [0.25, 0.3) is 0 Å². The van der Waals surface area contributed by atoms with Crippen molar-refractivity contribution in [1.29, 1.82) is 0 Å². The van der Waals surface area contributed by atoms with Crippen LogP contribution in [-0.2, 0) is 9.53 Å². The van der Waals surface area contributed by atoms with E-state index in [0.717, 1.165) is 13.3 Å². The van der Waals surface area contributed by atoms with Gasteiger partial charge in [0.1, 0.15) is 0 Å². The molecule has 0 saturated heterocycles. The Kier molecular flexibility index (Phi) is 7.13. The largest absolute Gasteiger partial charge is 0.414 e. The summed E-state index contributed by atoms with van der Waals surface area (Å²) < 4.78 is 40.9. The van der Waals surface area contributed by atoms with Crippen LogP contribution in [0, 0.1) is 0 Å². The van der Waals surface area contributed by atoms with Gasteiger partial charge in [0.15, 0.2) is 6.10 Å². The minimum Gasteiger partial charge on any atom is -0.369 e. The van der Waals surface area contributed by atoms with Crippen molar-refractivity contribution in [1.82, 2.24) is 5.32 Å². The third kappa shape index (κ3) is 7.17. The average Bonchev–Trinajstić information content (AvgIpc) is 2.20. The number of nitrogens with two attached hydrogens (primary N) is 1. The molecule has 7 heteroatoms. The Hall–Kier alpha value is -0.820. The van der Waals surface area contributed by atoms with Gasteiger partial charge in [-0.25, -0.2) is 0 Å². The quantitative estimate of drug-likeness (QED) is 0.685. The summed E-state index contributed by atoms with van der Waals surface area (Å²) in [6.45, 7) is 3.26. The van der Waals surface area contributed by atoms with Crippen LogP contribution in [0.4, 0.5) is 13.2 Å². The van der Waals surface area contributed by atoms with Crippen LogP contribution < -0.4 is 11.1 Å². The second-order valence-corrected chi connectivity index (χ2v) is 3.75. The summed E-state index contributed by atoms with van der Waals surface area (Å²) in [5.74, 6) is -0.582. The first kappa shape index (κ1) is 16.2. The highest BCUT2D eigenvalue weighted by Crippen LogP contribution is 2.22. The van der Waals surface area contributed by atoms with Gasteiger partial charge in [0, 0.05) is 6.61 Å². The topological polar surface area (TPSA) is 64.3 Å². The van der Waals surface area contributed by atoms with Gasteiger partial charge in [-0.1, -0.05) is 6.92 Å². The van der Waals surface area contributed by atoms with E-state index >= 15 is 0 Å². The molecule has 4 nitrogen and oxygen atoms in total. The standard InChI is InChI=1S/C10H19F3N2O2/c1-3-5-15-8(9(14)16)4-6-17-7(2)10(11,12)13/h7-8,15H,3-6H2,1-2H3,(H2,14,16). The number of hydrogen-bond donors (Lipinski definition) is 2. The van der Waals surface area contributed by atoms with Crippen LogP contribution in [0.2, 0.25) is 0 Å². The van der Waals surface area contributed by atoms with Crippen molar-refractivity contribution >= 4 is 5.91 Å². The maximum absolute atomic E-state index is 12.1. The summed E-state index contributed by atoms with van der Waals surface area (Å²) in [6.07, 6.45) is -5.26. The molecule has 0 aromatic rings. The predicted molar refractivity (Wildman–Crippen MR) is 57.4 cm³/mol. The van der Waals surface area contributed by atoms with E-state index in [0.29, 0.717) is 6.54 Å². The Bertz CT molecular complexity index is 234. The molecule has 0 aliphatic carbocycles. The van der Waals surface area contributed by atoms with Crippen LogP contribution in [-0.4, -0.2) is 37.4 Å². The predicted octanol–water partition coefficient (Wildman–Crippen LogP) is 1.20. The minimum absolute atomic E-state index is 0.135. The number of halogens is 3. The van der Waals surface area contributed by atoms with Gasteiger partial charge < -0.3 is 15.8 Å². The molecule has 0 spiro atoms. The number of alkyl halides is 3. The summed E-state index contributed by atoms with van der Waals surface area (Å²) in [4.78, 5) is 11.0. The molecule has 2 atom stereocenters. The fourth-order valence-electron chi connectivity index (χ4n) is 1.12. The van der Waals surface area contributed by atoms with Gasteiger partial charge in [0.2, 0.25) is 5.91 Å². The highest BCUT2D eigenvalue weighted by Gasteiger charge is 2.36. The van der Waals surface area contributed by atoms with Gasteiger partial charge in [-0.2, -0.15) is 13.2 Å². The first-order chi connectivity index (χ1) is 7.79. The average molecular weight is 256 g/mol. The molecule has 0 aliphatic rings. The molecule has 0 rings (SSSR count). The van der Waals surface area contributed by atoms with Crippen LogP contribution in [0.1, 0.15) is 26.7 Å². The number of amides is 1. The van der Waals surface area contributed by atoms with Crippen LogP contribution in [0.3, 0.4) is 0 Å².